The fourth-order valence-electron chi connectivity index (χ4n) is 1.79. The highest BCUT2D eigenvalue weighted by atomic mass is 32.2. The molecule has 1 aromatic rings. The molecule has 1 nitrogen and oxygen atoms in total. The topological polar surface area (TPSA) is 12.4 Å². The number of rotatable bonds is 5. The minimum absolute atomic E-state index is 1.10. The van der Waals surface area contributed by atoms with Crippen LogP contribution in [0, 0.1) is 0 Å². The number of thioether (sulfide) groups is 2. The first-order valence-electron chi connectivity index (χ1n) is 6.31. The van der Waals surface area contributed by atoms with Crippen molar-refractivity contribution in [2.45, 2.75) is 32.6 Å². The van der Waals surface area contributed by atoms with Crippen LogP contribution in [0.1, 0.15) is 31.7 Å². The van der Waals surface area contributed by atoms with Gasteiger partial charge in [-0.1, -0.05) is 55.4 Å². The maximum absolute atomic E-state index is 4.64. The summed E-state index contributed by atoms with van der Waals surface area (Å²) in [6.45, 7) is 2.25. The molecule has 1 aliphatic rings. The van der Waals surface area contributed by atoms with Crippen molar-refractivity contribution in [2.24, 2.45) is 4.99 Å². The van der Waals surface area contributed by atoms with E-state index in [-0.39, 0.29) is 0 Å². The molecule has 0 bridgehead atoms. The highest BCUT2D eigenvalue weighted by Gasteiger charge is 2.09. The van der Waals surface area contributed by atoms with Gasteiger partial charge in [0.25, 0.3) is 0 Å². The quantitative estimate of drug-likeness (QED) is 0.703. The number of aryl methyl sites for hydroxylation is 1. The molecule has 1 saturated heterocycles. The smallest absolute Gasteiger partial charge is 0.130 e. The SMILES string of the molecule is CCCCCc1ccc(N=C2SCCS2)cc1. The Hall–Kier alpha value is -0.410. The lowest BCUT2D eigenvalue weighted by Gasteiger charge is -2.01. The van der Waals surface area contributed by atoms with Crippen LogP contribution < -0.4 is 0 Å². The lowest BCUT2D eigenvalue weighted by molar-refractivity contribution is 0.717. The summed E-state index contributed by atoms with van der Waals surface area (Å²) in [7, 11) is 0. The zero-order chi connectivity index (χ0) is 11.9. The van der Waals surface area contributed by atoms with E-state index < -0.39 is 0 Å². The van der Waals surface area contributed by atoms with Crippen molar-refractivity contribution in [3.05, 3.63) is 29.8 Å². The molecule has 0 aliphatic carbocycles. The molecule has 92 valence electrons. The maximum atomic E-state index is 4.64. The first-order valence-corrected chi connectivity index (χ1v) is 8.29. The van der Waals surface area contributed by atoms with Gasteiger partial charge in [-0.15, -0.1) is 0 Å². The van der Waals surface area contributed by atoms with Gasteiger partial charge in [0, 0.05) is 11.5 Å². The molecule has 0 spiro atoms. The van der Waals surface area contributed by atoms with Crippen molar-refractivity contribution in [1.82, 2.24) is 0 Å². The molecule has 1 aromatic carbocycles. The second-order valence-corrected chi connectivity index (χ2v) is 6.62. The summed E-state index contributed by atoms with van der Waals surface area (Å²) in [5.41, 5.74) is 2.54. The third-order valence-corrected chi connectivity index (χ3v) is 5.22. The Bertz CT molecular complexity index is 362. The number of benzene rings is 1. The molecule has 17 heavy (non-hydrogen) atoms. The van der Waals surface area contributed by atoms with Gasteiger partial charge in [-0.3, -0.25) is 0 Å². The van der Waals surface area contributed by atoms with Crippen molar-refractivity contribution in [3.8, 4) is 0 Å². The van der Waals surface area contributed by atoms with E-state index >= 15 is 0 Å². The van der Waals surface area contributed by atoms with E-state index in [2.05, 4.69) is 36.2 Å². The van der Waals surface area contributed by atoms with E-state index in [9.17, 15) is 0 Å². The van der Waals surface area contributed by atoms with Crippen LogP contribution >= 0.6 is 23.5 Å². The summed E-state index contributed by atoms with van der Waals surface area (Å²) in [6.07, 6.45) is 5.13. The molecule has 0 aromatic heterocycles. The van der Waals surface area contributed by atoms with Crippen molar-refractivity contribution in [3.63, 3.8) is 0 Å². The average molecular weight is 265 g/mol. The van der Waals surface area contributed by atoms with Gasteiger partial charge in [-0.25, -0.2) is 4.99 Å². The minimum Gasteiger partial charge on any atom is -0.235 e. The number of hydrogen-bond acceptors (Lipinski definition) is 3. The van der Waals surface area contributed by atoms with E-state index in [1.807, 2.05) is 23.5 Å². The zero-order valence-corrected chi connectivity index (χ0v) is 11.9. The highest BCUT2D eigenvalue weighted by molar-refractivity contribution is 8.41. The van der Waals surface area contributed by atoms with Crippen molar-refractivity contribution >= 4 is 33.6 Å². The van der Waals surface area contributed by atoms with Crippen LogP contribution in [0.3, 0.4) is 0 Å². The summed E-state index contributed by atoms with van der Waals surface area (Å²) in [6, 6.07) is 8.74. The molecule has 0 amide bonds. The zero-order valence-electron chi connectivity index (χ0n) is 10.3. The number of hydrogen-bond donors (Lipinski definition) is 0. The summed E-state index contributed by atoms with van der Waals surface area (Å²) < 4.78 is 1.23. The Morgan fingerprint density at radius 3 is 2.41 bits per heavy atom. The third-order valence-electron chi connectivity index (χ3n) is 2.76. The van der Waals surface area contributed by atoms with Crippen molar-refractivity contribution < 1.29 is 0 Å². The summed E-state index contributed by atoms with van der Waals surface area (Å²) in [5.74, 6) is 2.41. The maximum Gasteiger partial charge on any atom is 0.130 e. The minimum atomic E-state index is 1.10. The Morgan fingerprint density at radius 1 is 1.06 bits per heavy atom. The molecule has 0 saturated carbocycles. The fourth-order valence-corrected chi connectivity index (χ4v) is 3.98. The second kappa shape index (κ2) is 7.12. The molecular formula is C14H19NS2. The average Bonchev–Trinajstić information content (AvgIpc) is 2.85. The Kier molecular flexibility index (Phi) is 5.46. The molecule has 0 N–H and O–H groups in total. The van der Waals surface area contributed by atoms with E-state index in [4.69, 9.17) is 0 Å². The van der Waals surface area contributed by atoms with Gasteiger partial charge in [0.1, 0.15) is 4.38 Å². The predicted molar refractivity (Wildman–Crippen MR) is 81.7 cm³/mol. The fraction of sp³-hybridized carbons (Fsp3) is 0.500. The van der Waals surface area contributed by atoms with Crippen molar-refractivity contribution in [2.75, 3.05) is 11.5 Å². The van der Waals surface area contributed by atoms with Gasteiger partial charge < -0.3 is 0 Å². The largest absolute Gasteiger partial charge is 0.235 e. The van der Waals surface area contributed by atoms with Gasteiger partial charge in [0.05, 0.1) is 5.69 Å². The number of nitrogens with zero attached hydrogens (tertiary/aromatic N) is 1. The van der Waals surface area contributed by atoms with Crippen LogP contribution in [-0.2, 0) is 6.42 Å². The first-order chi connectivity index (χ1) is 8.38. The molecule has 2 rings (SSSR count). The lowest BCUT2D eigenvalue weighted by Crippen LogP contribution is -1.84. The summed E-state index contributed by atoms with van der Waals surface area (Å²) >= 11 is 3.74. The molecule has 1 fully saturated rings. The molecule has 3 heteroatoms. The first kappa shape index (κ1) is 13.0. The van der Waals surface area contributed by atoms with Crippen LogP contribution in [-0.4, -0.2) is 15.9 Å². The monoisotopic (exact) mass is 265 g/mol. The number of unbranched alkanes of at least 4 members (excludes halogenated alkanes) is 2. The van der Waals surface area contributed by atoms with E-state index in [0.29, 0.717) is 0 Å². The Morgan fingerprint density at radius 2 is 1.76 bits per heavy atom. The van der Waals surface area contributed by atoms with Gasteiger partial charge in [-0.2, -0.15) is 0 Å². The highest BCUT2D eigenvalue weighted by Crippen LogP contribution is 2.29. The normalized spacial score (nSPS) is 15.2. The predicted octanol–water partition coefficient (Wildman–Crippen LogP) is 4.89. The van der Waals surface area contributed by atoms with Crippen LogP contribution in [0.25, 0.3) is 0 Å². The van der Waals surface area contributed by atoms with Crippen LogP contribution in [0.15, 0.2) is 29.3 Å². The van der Waals surface area contributed by atoms with E-state index in [1.165, 1.54) is 47.1 Å². The third kappa shape index (κ3) is 4.40. The molecule has 0 unspecified atom stereocenters. The second-order valence-electron chi connectivity index (χ2n) is 4.20. The summed E-state index contributed by atoms with van der Waals surface area (Å²) in [5, 5.41) is 0. The molecule has 1 aliphatic heterocycles. The van der Waals surface area contributed by atoms with Gasteiger partial charge >= 0.3 is 0 Å². The van der Waals surface area contributed by atoms with Crippen LogP contribution in [0.2, 0.25) is 0 Å². The Balaban J connectivity index is 1.90. The summed E-state index contributed by atoms with van der Waals surface area (Å²) in [4.78, 5) is 4.64. The number of aliphatic imine (C=N–C) groups is 1. The molecule has 0 atom stereocenters. The Labute approximate surface area is 112 Å². The lowest BCUT2D eigenvalue weighted by atomic mass is 10.1. The molecule has 1 heterocycles. The van der Waals surface area contributed by atoms with Gasteiger partial charge in [-0.05, 0) is 30.5 Å². The van der Waals surface area contributed by atoms with Crippen LogP contribution in [0.4, 0.5) is 5.69 Å². The van der Waals surface area contributed by atoms with Crippen LogP contribution in [0.5, 0.6) is 0 Å². The van der Waals surface area contributed by atoms with Crippen molar-refractivity contribution in [1.29, 1.82) is 0 Å². The molecule has 0 radical (unpaired) electrons. The van der Waals surface area contributed by atoms with Gasteiger partial charge in [0.2, 0.25) is 0 Å². The van der Waals surface area contributed by atoms with Gasteiger partial charge in [0.15, 0.2) is 0 Å². The molecular weight excluding hydrogens is 246 g/mol. The van der Waals surface area contributed by atoms with E-state index in [0.717, 1.165) is 5.69 Å². The standard InChI is InChI=1S/C14H19NS2/c1-2-3-4-5-12-6-8-13(9-7-12)15-14-16-10-11-17-14/h6-9H,2-5,10-11H2,1H3. The van der Waals surface area contributed by atoms with E-state index in [1.54, 1.807) is 0 Å².